The number of hydrogen-bond acceptors (Lipinski definition) is 4. The molecular weight excluding hydrogens is 308 g/mol. The van der Waals surface area contributed by atoms with Gasteiger partial charge < -0.3 is 20.6 Å². The highest BCUT2D eigenvalue weighted by Gasteiger charge is 2.36. The molecule has 2 fully saturated rings. The third-order valence-corrected chi connectivity index (χ3v) is 4.65. The normalized spacial score (nSPS) is 25.5. The lowest BCUT2D eigenvalue weighted by Gasteiger charge is -2.34. The smallest absolute Gasteiger partial charge is 0.317 e. The molecule has 1 aliphatic heterocycles. The minimum Gasteiger partial charge on any atom is -0.481 e. The summed E-state index contributed by atoms with van der Waals surface area (Å²) in [6, 6.07) is 9.39. The summed E-state index contributed by atoms with van der Waals surface area (Å²) in [6.07, 6.45) is 1.86. The molecule has 3 rings (SSSR count). The number of nitrogens with zero attached hydrogens (tertiary/aromatic N) is 2. The Morgan fingerprint density at radius 3 is 2.79 bits per heavy atom. The average Bonchev–Trinajstić information content (AvgIpc) is 2.98. The highest BCUT2D eigenvalue weighted by molar-refractivity contribution is 5.76. The molecule has 0 spiro atoms. The summed E-state index contributed by atoms with van der Waals surface area (Å²) >= 11 is 0. The van der Waals surface area contributed by atoms with E-state index >= 15 is 0 Å². The van der Waals surface area contributed by atoms with Gasteiger partial charge in [-0.1, -0.05) is 6.07 Å². The van der Waals surface area contributed by atoms with Crippen molar-refractivity contribution in [3.63, 3.8) is 0 Å². The molecule has 0 aromatic heterocycles. The van der Waals surface area contributed by atoms with Crippen LogP contribution in [-0.4, -0.2) is 47.2 Å². The lowest BCUT2D eigenvalue weighted by molar-refractivity contribution is -0.145. The van der Waals surface area contributed by atoms with E-state index in [1.165, 1.54) is 0 Å². The molecule has 1 saturated carbocycles. The third kappa shape index (κ3) is 3.59. The fourth-order valence-corrected chi connectivity index (χ4v) is 3.18. The first-order chi connectivity index (χ1) is 11.5. The minimum absolute atomic E-state index is 0.0297. The second-order valence-electron chi connectivity index (χ2n) is 6.42. The van der Waals surface area contributed by atoms with E-state index in [1.54, 1.807) is 17.0 Å². The van der Waals surface area contributed by atoms with E-state index in [9.17, 15) is 9.59 Å². The Bertz CT molecular complexity index is 679. The zero-order chi connectivity index (χ0) is 17.1. The van der Waals surface area contributed by atoms with Crippen LogP contribution < -0.4 is 10.6 Å². The molecule has 1 aromatic rings. The number of nitriles is 1. The van der Waals surface area contributed by atoms with Gasteiger partial charge in [-0.05, 0) is 37.5 Å². The van der Waals surface area contributed by atoms with Gasteiger partial charge in [0, 0.05) is 30.9 Å². The van der Waals surface area contributed by atoms with E-state index in [2.05, 4.69) is 16.7 Å². The van der Waals surface area contributed by atoms with Gasteiger partial charge in [0.2, 0.25) is 0 Å². The standard InChI is InChI=1S/C17H20N4O3/c18-9-11-2-1-3-13(6-11)19-14-4-5-21(10-14)17(24)20-15-7-12(8-15)16(22)23/h1-3,6,12,14-15,19H,4-5,7-8,10H2,(H,20,24)(H,22,23). The molecule has 1 aromatic carbocycles. The van der Waals surface area contributed by atoms with Crippen molar-refractivity contribution in [2.45, 2.75) is 31.3 Å². The molecule has 2 aliphatic rings. The van der Waals surface area contributed by atoms with Crippen molar-refractivity contribution in [3.8, 4) is 6.07 Å². The molecule has 0 bridgehead atoms. The Kier molecular flexibility index (Phi) is 4.56. The lowest BCUT2D eigenvalue weighted by atomic mass is 9.80. The maximum Gasteiger partial charge on any atom is 0.317 e. The number of likely N-dealkylation sites (tertiary alicyclic amines) is 1. The van der Waals surface area contributed by atoms with Gasteiger partial charge in [0.15, 0.2) is 0 Å². The molecule has 126 valence electrons. The molecule has 1 unspecified atom stereocenters. The van der Waals surface area contributed by atoms with Gasteiger partial charge in [0.05, 0.1) is 17.6 Å². The van der Waals surface area contributed by atoms with Crippen molar-refractivity contribution < 1.29 is 14.7 Å². The summed E-state index contributed by atoms with van der Waals surface area (Å²) in [5.41, 5.74) is 1.48. The Labute approximate surface area is 140 Å². The van der Waals surface area contributed by atoms with Gasteiger partial charge in [-0.2, -0.15) is 5.26 Å². The van der Waals surface area contributed by atoms with Gasteiger partial charge in [-0.3, -0.25) is 4.79 Å². The first kappa shape index (κ1) is 16.1. The van der Waals surface area contributed by atoms with Crippen molar-refractivity contribution in [3.05, 3.63) is 29.8 Å². The zero-order valence-corrected chi connectivity index (χ0v) is 13.2. The van der Waals surface area contributed by atoms with Crippen molar-refractivity contribution in [2.75, 3.05) is 18.4 Å². The number of hydrogen-bond donors (Lipinski definition) is 3. The summed E-state index contributed by atoms with van der Waals surface area (Å²) in [6.45, 7) is 1.26. The first-order valence-electron chi connectivity index (χ1n) is 8.10. The molecule has 7 heteroatoms. The maximum atomic E-state index is 12.2. The number of carboxylic acid groups (broad SMARTS) is 1. The monoisotopic (exact) mass is 328 g/mol. The fraction of sp³-hybridized carbons (Fsp3) is 0.471. The number of nitrogens with one attached hydrogen (secondary N) is 2. The topological polar surface area (TPSA) is 105 Å². The van der Waals surface area contributed by atoms with E-state index in [4.69, 9.17) is 10.4 Å². The summed E-state index contributed by atoms with van der Waals surface area (Å²) in [5, 5.41) is 24.0. The molecule has 1 atom stereocenters. The molecule has 2 amide bonds. The average molecular weight is 328 g/mol. The largest absolute Gasteiger partial charge is 0.481 e. The number of carboxylic acids is 1. The minimum atomic E-state index is -0.787. The van der Waals surface area contributed by atoms with Crippen LogP contribution in [0.15, 0.2) is 24.3 Å². The third-order valence-electron chi connectivity index (χ3n) is 4.65. The highest BCUT2D eigenvalue weighted by atomic mass is 16.4. The van der Waals surface area contributed by atoms with Crippen molar-refractivity contribution in [1.82, 2.24) is 10.2 Å². The second kappa shape index (κ2) is 6.79. The fourth-order valence-electron chi connectivity index (χ4n) is 3.18. The van der Waals surface area contributed by atoms with Crippen molar-refractivity contribution >= 4 is 17.7 Å². The predicted molar refractivity (Wildman–Crippen MR) is 87.4 cm³/mol. The molecule has 0 radical (unpaired) electrons. The summed E-state index contributed by atoms with van der Waals surface area (Å²) in [4.78, 5) is 24.7. The molecule has 3 N–H and O–H groups in total. The van der Waals surface area contributed by atoms with Crippen LogP contribution in [-0.2, 0) is 4.79 Å². The van der Waals surface area contributed by atoms with E-state index in [0.717, 1.165) is 12.1 Å². The van der Waals surface area contributed by atoms with E-state index in [-0.39, 0.29) is 24.0 Å². The molecule has 1 saturated heterocycles. The van der Waals surface area contributed by atoms with Crippen LogP contribution >= 0.6 is 0 Å². The van der Waals surface area contributed by atoms with Crippen LogP contribution in [0.4, 0.5) is 10.5 Å². The maximum absolute atomic E-state index is 12.2. The summed E-state index contributed by atoms with van der Waals surface area (Å²) in [7, 11) is 0. The van der Waals surface area contributed by atoms with Crippen LogP contribution in [0.5, 0.6) is 0 Å². The Hall–Kier alpha value is -2.75. The zero-order valence-electron chi connectivity index (χ0n) is 13.2. The van der Waals surface area contributed by atoms with Crippen LogP contribution in [0, 0.1) is 17.2 Å². The lowest BCUT2D eigenvalue weighted by Crippen LogP contribution is -2.51. The van der Waals surface area contributed by atoms with Gasteiger partial charge >= 0.3 is 12.0 Å². The van der Waals surface area contributed by atoms with E-state index in [0.29, 0.717) is 31.5 Å². The Balaban J connectivity index is 1.46. The van der Waals surface area contributed by atoms with Gasteiger partial charge in [0.25, 0.3) is 0 Å². The Morgan fingerprint density at radius 1 is 1.29 bits per heavy atom. The number of anilines is 1. The van der Waals surface area contributed by atoms with Gasteiger partial charge in [-0.25, -0.2) is 4.79 Å². The number of carbonyl (C=O) groups is 2. The number of rotatable bonds is 4. The number of benzene rings is 1. The first-order valence-corrected chi connectivity index (χ1v) is 8.10. The Morgan fingerprint density at radius 2 is 2.08 bits per heavy atom. The predicted octanol–water partition coefficient (Wildman–Crippen LogP) is 1.62. The van der Waals surface area contributed by atoms with Crippen LogP contribution in [0.3, 0.4) is 0 Å². The number of carbonyl (C=O) groups excluding carboxylic acids is 1. The molecule has 24 heavy (non-hydrogen) atoms. The number of urea groups is 1. The van der Waals surface area contributed by atoms with Crippen molar-refractivity contribution in [2.24, 2.45) is 5.92 Å². The van der Waals surface area contributed by atoms with E-state index < -0.39 is 5.97 Å². The summed E-state index contributed by atoms with van der Waals surface area (Å²) < 4.78 is 0. The van der Waals surface area contributed by atoms with Crippen LogP contribution in [0.25, 0.3) is 0 Å². The van der Waals surface area contributed by atoms with Crippen LogP contribution in [0.2, 0.25) is 0 Å². The van der Waals surface area contributed by atoms with Crippen molar-refractivity contribution in [1.29, 1.82) is 5.26 Å². The van der Waals surface area contributed by atoms with Crippen LogP contribution in [0.1, 0.15) is 24.8 Å². The quantitative estimate of drug-likeness (QED) is 0.779. The van der Waals surface area contributed by atoms with E-state index in [1.807, 2.05) is 12.1 Å². The highest BCUT2D eigenvalue weighted by Crippen LogP contribution is 2.27. The number of amides is 2. The SMILES string of the molecule is N#Cc1cccc(NC2CCN(C(=O)NC3CC(C(=O)O)C3)C2)c1. The van der Waals surface area contributed by atoms with Gasteiger partial charge in [-0.15, -0.1) is 0 Å². The number of aliphatic carboxylic acids is 1. The second-order valence-corrected chi connectivity index (χ2v) is 6.42. The molecule has 1 heterocycles. The molecule has 7 nitrogen and oxygen atoms in total. The molecule has 1 aliphatic carbocycles. The molecular formula is C17H20N4O3. The van der Waals surface area contributed by atoms with Gasteiger partial charge in [0.1, 0.15) is 0 Å². The summed E-state index contributed by atoms with van der Waals surface area (Å²) in [5.74, 6) is -1.11.